The summed E-state index contributed by atoms with van der Waals surface area (Å²) >= 11 is 0. The molecule has 1 aliphatic carbocycles. The molecule has 0 amide bonds. The third-order valence-electron chi connectivity index (χ3n) is 6.39. The molecule has 0 N–H and O–H groups in total. The number of alkyl halides is 3. The van der Waals surface area contributed by atoms with Crippen LogP contribution in [0.25, 0.3) is 27.8 Å². The predicted octanol–water partition coefficient (Wildman–Crippen LogP) is 5.04. The Morgan fingerprint density at radius 1 is 0.972 bits per heavy atom. The van der Waals surface area contributed by atoms with Gasteiger partial charge in [0.15, 0.2) is 5.65 Å². The van der Waals surface area contributed by atoms with Crippen LogP contribution in [-0.2, 0) is 6.18 Å². The van der Waals surface area contributed by atoms with Crippen LogP contribution >= 0.6 is 0 Å². The van der Waals surface area contributed by atoms with Crippen molar-refractivity contribution in [2.24, 2.45) is 0 Å². The van der Waals surface area contributed by atoms with Crippen molar-refractivity contribution >= 4 is 16.6 Å². The summed E-state index contributed by atoms with van der Waals surface area (Å²) in [6.07, 6.45) is 1.48. The maximum atomic E-state index is 13.0. The number of halogens is 3. The Balaban J connectivity index is 1.36. The number of fused-ring (bicyclic) bond motifs is 2. The first kappa shape index (κ1) is 22.2. The maximum absolute atomic E-state index is 13.0. The summed E-state index contributed by atoms with van der Waals surface area (Å²) in [6, 6.07) is 10.1. The van der Waals surface area contributed by atoms with Gasteiger partial charge in [-0.25, -0.2) is 19.5 Å². The molecule has 1 aliphatic rings. The molecule has 6 rings (SSSR count). The van der Waals surface area contributed by atoms with E-state index in [9.17, 15) is 13.2 Å². The number of imidazole rings is 1. The van der Waals surface area contributed by atoms with E-state index < -0.39 is 11.9 Å². The summed E-state index contributed by atoms with van der Waals surface area (Å²) in [6.45, 7) is 0. The number of benzene rings is 1. The van der Waals surface area contributed by atoms with Gasteiger partial charge in [0, 0.05) is 29.5 Å². The molecule has 0 bridgehead atoms. The molecule has 11 heteroatoms. The Morgan fingerprint density at radius 2 is 1.83 bits per heavy atom. The number of hydrogen-bond acceptors (Lipinski definition) is 7. The average Bonchev–Trinajstić information content (AvgIpc) is 3.54. The lowest BCUT2D eigenvalue weighted by Gasteiger charge is -2.11. The first-order chi connectivity index (χ1) is 17.4. The summed E-state index contributed by atoms with van der Waals surface area (Å²) in [5.41, 5.74) is 3.47. The maximum Gasteiger partial charge on any atom is 0.433 e. The highest BCUT2D eigenvalue weighted by Crippen LogP contribution is 2.56. The standard InChI is InChI=1S/C25H19F3N6O2/c1-35-23-18(12-30-24(32-23)36-2)20-11-17(22-29-7-8-34(22)33-20)16-10-15(16)13-3-5-19-14(9-13)4-6-21(31-19)25(26,27)28/h3-9,11-12,15-16H,10H2,1-2H3. The van der Waals surface area contributed by atoms with Gasteiger partial charge in [-0.1, -0.05) is 12.1 Å². The Hall–Kier alpha value is -4.28. The van der Waals surface area contributed by atoms with E-state index in [-0.39, 0.29) is 17.8 Å². The summed E-state index contributed by atoms with van der Waals surface area (Å²) in [4.78, 5) is 16.7. The first-order valence-electron chi connectivity index (χ1n) is 11.1. The lowest BCUT2D eigenvalue weighted by atomic mass is 10.0. The highest BCUT2D eigenvalue weighted by Gasteiger charge is 2.41. The predicted molar refractivity (Wildman–Crippen MR) is 124 cm³/mol. The SMILES string of the molecule is COc1ncc(-c2cc(C3CC3c3ccc4nc(C(F)(F)F)ccc4c3)c3nccn3n2)c(OC)n1. The van der Waals surface area contributed by atoms with Crippen LogP contribution in [0.2, 0.25) is 0 Å². The van der Waals surface area contributed by atoms with Crippen molar-refractivity contribution in [3.8, 4) is 23.1 Å². The fourth-order valence-corrected chi connectivity index (χ4v) is 4.57. The molecule has 0 aliphatic heterocycles. The fourth-order valence-electron chi connectivity index (χ4n) is 4.57. The van der Waals surface area contributed by atoms with Crippen molar-refractivity contribution in [2.45, 2.75) is 24.4 Å². The second-order valence-corrected chi connectivity index (χ2v) is 8.56. The smallest absolute Gasteiger partial charge is 0.433 e. The van der Waals surface area contributed by atoms with E-state index in [2.05, 4.69) is 25.0 Å². The van der Waals surface area contributed by atoms with Gasteiger partial charge in [-0.05, 0) is 48.1 Å². The molecule has 2 atom stereocenters. The molecule has 8 nitrogen and oxygen atoms in total. The molecule has 1 aromatic carbocycles. The van der Waals surface area contributed by atoms with Crippen LogP contribution in [0.5, 0.6) is 11.9 Å². The molecule has 0 saturated heterocycles. The van der Waals surface area contributed by atoms with Gasteiger partial charge >= 0.3 is 12.2 Å². The van der Waals surface area contributed by atoms with Crippen molar-refractivity contribution < 1.29 is 22.6 Å². The molecule has 0 spiro atoms. The van der Waals surface area contributed by atoms with Gasteiger partial charge in [-0.3, -0.25) is 0 Å². The van der Waals surface area contributed by atoms with Gasteiger partial charge in [0.2, 0.25) is 5.88 Å². The van der Waals surface area contributed by atoms with Crippen LogP contribution in [0, 0.1) is 0 Å². The van der Waals surface area contributed by atoms with Gasteiger partial charge in [0.1, 0.15) is 5.69 Å². The zero-order valence-electron chi connectivity index (χ0n) is 19.2. The van der Waals surface area contributed by atoms with E-state index in [0.29, 0.717) is 28.0 Å². The third-order valence-corrected chi connectivity index (χ3v) is 6.39. The minimum Gasteiger partial charge on any atom is -0.480 e. The number of nitrogens with zero attached hydrogens (tertiary/aromatic N) is 6. The molecular weight excluding hydrogens is 473 g/mol. The molecule has 4 aromatic heterocycles. The quantitative estimate of drug-likeness (QED) is 0.340. The molecule has 0 radical (unpaired) electrons. The molecule has 36 heavy (non-hydrogen) atoms. The summed E-state index contributed by atoms with van der Waals surface area (Å²) < 4.78 is 51.3. The highest BCUT2D eigenvalue weighted by molar-refractivity contribution is 5.80. The lowest BCUT2D eigenvalue weighted by molar-refractivity contribution is -0.140. The molecular formula is C25H19F3N6O2. The Morgan fingerprint density at radius 3 is 2.61 bits per heavy atom. The average molecular weight is 492 g/mol. The van der Waals surface area contributed by atoms with E-state index in [0.717, 1.165) is 29.3 Å². The van der Waals surface area contributed by atoms with Crippen LogP contribution < -0.4 is 9.47 Å². The van der Waals surface area contributed by atoms with E-state index in [1.807, 2.05) is 18.2 Å². The van der Waals surface area contributed by atoms with Crippen molar-refractivity contribution in [3.63, 3.8) is 0 Å². The van der Waals surface area contributed by atoms with Gasteiger partial charge in [0.05, 0.1) is 31.0 Å². The van der Waals surface area contributed by atoms with Crippen molar-refractivity contribution in [3.05, 3.63) is 71.8 Å². The van der Waals surface area contributed by atoms with E-state index >= 15 is 0 Å². The van der Waals surface area contributed by atoms with Crippen LogP contribution in [-0.4, -0.2) is 43.8 Å². The number of hydrogen-bond donors (Lipinski definition) is 0. The number of pyridine rings is 1. The normalized spacial score (nSPS) is 17.5. The fraction of sp³-hybridized carbons (Fsp3) is 0.240. The monoisotopic (exact) mass is 492 g/mol. The van der Waals surface area contributed by atoms with Crippen molar-refractivity contribution in [2.75, 3.05) is 14.2 Å². The molecule has 1 fully saturated rings. The largest absolute Gasteiger partial charge is 0.480 e. The minimum absolute atomic E-state index is 0.168. The molecule has 2 unspecified atom stereocenters. The summed E-state index contributed by atoms with van der Waals surface area (Å²) in [5.74, 6) is 0.704. The van der Waals surface area contributed by atoms with Crippen molar-refractivity contribution in [1.82, 2.24) is 29.5 Å². The summed E-state index contributed by atoms with van der Waals surface area (Å²) in [7, 11) is 3.00. The topological polar surface area (TPSA) is 87.3 Å². The van der Waals surface area contributed by atoms with Crippen LogP contribution in [0.1, 0.15) is 35.1 Å². The highest BCUT2D eigenvalue weighted by atomic mass is 19.4. The first-order valence-corrected chi connectivity index (χ1v) is 11.1. The van der Waals surface area contributed by atoms with Crippen molar-refractivity contribution in [1.29, 1.82) is 0 Å². The van der Waals surface area contributed by atoms with Crippen LogP contribution in [0.15, 0.2) is 55.0 Å². The van der Waals surface area contributed by atoms with Gasteiger partial charge < -0.3 is 9.47 Å². The molecule has 5 aromatic rings. The Kier molecular flexibility index (Phi) is 5.02. The zero-order valence-corrected chi connectivity index (χ0v) is 19.2. The number of methoxy groups -OCH3 is 2. The number of aromatic nitrogens is 6. The Labute approximate surface area is 202 Å². The molecule has 182 valence electrons. The number of rotatable bonds is 5. The summed E-state index contributed by atoms with van der Waals surface area (Å²) in [5, 5.41) is 5.33. The third kappa shape index (κ3) is 3.76. The zero-order chi connectivity index (χ0) is 25.0. The second kappa shape index (κ2) is 8.14. The van der Waals surface area contributed by atoms with Gasteiger partial charge in [-0.2, -0.15) is 23.3 Å². The van der Waals surface area contributed by atoms with Gasteiger partial charge in [-0.15, -0.1) is 0 Å². The van der Waals surface area contributed by atoms with E-state index in [1.54, 1.807) is 29.2 Å². The lowest BCUT2D eigenvalue weighted by Crippen LogP contribution is -2.07. The molecule has 1 saturated carbocycles. The molecule has 4 heterocycles. The van der Waals surface area contributed by atoms with Gasteiger partial charge in [0.25, 0.3) is 0 Å². The van der Waals surface area contributed by atoms with Crippen LogP contribution in [0.3, 0.4) is 0 Å². The second-order valence-electron chi connectivity index (χ2n) is 8.56. The number of ether oxygens (including phenoxy) is 2. The Bertz CT molecular complexity index is 1620. The van der Waals surface area contributed by atoms with Crippen LogP contribution in [0.4, 0.5) is 13.2 Å². The minimum atomic E-state index is -4.47. The van der Waals surface area contributed by atoms with E-state index in [4.69, 9.17) is 9.47 Å². The van der Waals surface area contributed by atoms with E-state index in [1.165, 1.54) is 20.3 Å².